The molecule has 0 radical (unpaired) electrons. The van der Waals surface area contributed by atoms with Crippen molar-refractivity contribution in [3.63, 3.8) is 0 Å². The van der Waals surface area contributed by atoms with Gasteiger partial charge in [0.25, 0.3) is 0 Å². The highest BCUT2D eigenvalue weighted by Crippen LogP contribution is 2.33. The van der Waals surface area contributed by atoms with Crippen molar-refractivity contribution in [3.05, 3.63) is 58.5 Å². The summed E-state index contributed by atoms with van der Waals surface area (Å²) >= 11 is 11.8. The summed E-state index contributed by atoms with van der Waals surface area (Å²) in [7, 11) is 0. The molecule has 1 aromatic heterocycles. The van der Waals surface area contributed by atoms with Gasteiger partial charge < -0.3 is 15.5 Å². The van der Waals surface area contributed by atoms with Crippen LogP contribution in [0.2, 0.25) is 10.0 Å². The number of pyridine rings is 1. The lowest BCUT2D eigenvalue weighted by Crippen LogP contribution is -2.31. The third-order valence-electron chi connectivity index (χ3n) is 5.67. The molecule has 0 unspecified atom stereocenters. The largest absolute Gasteiger partial charge is 0.337 e. The average molecular weight is 475 g/mol. The lowest BCUT2D eigenvalue weighted by atomic mass is 10.1. The Bertz CT molecular complexity index is 1120. The smallest absolute Gasteiger partial charge is 0.224 e. The van der Waals surface area contributed by atoms with E-state index in [0.717, 1.165) is 36.8 Å². The molecule has 1 aliphatic heterocycles. The van der Waals surface area contributed by atoms with Gasteiger partial charge in [0.2, 0.25) is 5.91 Å². The van der Waals surface area contributed by atoms with Crippen molar-refractivity contribution >= 4 is 57.1 Å². The molecule has 1 amide bonds. The molecule has 0 spiro atoms. The average Bonchev–Trinajstić information content (AvgIpc) is 2.80. The van der Waals surface area contributed by atoms with Gasteiger partial charge in [0, 0.05) is 23.7 Å². The molecule has 2 N–H and O–H groups in total. The molecule has 8 heteroatoms. The van der Waals surface area contributed by atoms with Gasteiger partial charge in [-0.25, -0.2) is 9.37 Å². The maximum absolute atomic E-state index is 14.5. The van der Waals surface area contributed by atoms with Crippen LogP contribution < -0.4 is 10.6 Å². The molecule has 3 aromatic rings. The van der Waals surface area contributed by atoms with Crippen LogP contribution in [-0.4, -0.2) is 35.4 Å². The summed E-state index contributed by atoms with van der Waals surface area (Å²) in [6, 6.07) is 10.5. The van der Waals surface area contributed by atoms with Gasteiger partial charge in [0.05, 0.1) is 15.7 Å². The van der Waals surface area contributed by atoms with E-state index in [4.69, 9.17) is 23.2 Å². The number of piperidine rings is 1. The van der Waals surface area contributed by atoms with E-state index in [0.29, 0.717) is 17.9 Å². The van der Waals surface area contributed by atoms with Crippen molar-refractivity contribution in [2.24, 2.45) is 0 Å². The third-order valence-corrected chi connectivity index (χ3v) is 6.45. The van der Waals surface area contributed by atoms with Crippen molar-refractivity contribution < 1.29 is 9.18 Å². The monoisotopic (exact) mass is 474 g/mol. The molecule has 4 rings (SSSR count). The molecule has 2 heterocycles. The Morgan fingerprint density at radius 2 is 1.91 bits per heavy atom. The quantitative estimate of drug-likeness (QED) is 0.377. The number of amides is 1. The fourth-order valence-electron chi connectivity index (χ4n) is 3.97. The minimum atomic E-state index is -0.642. The van der Waals surface area contributed by atoms with Crippen molar-refractivity contribution in [3.8, 4) is 0 Å². The molecule has 0 saturated carbocycles. The van der Waals surface area contributed by atoms with Gasteiger partial charge in [-0.1, -0.05) is 35.7 Å². The second-order valence-electron chi connectivity index (χ2n) is 8.00. The lowest BCUT2D eigenvalue weighted by molar-refractivity contribution is -0.116. The van der Waals surface area contributed by atoms with Crippen molar-refractivity contribution in [1.29, 1.82) is 0 Å². The summed E-state index contributed by atoms with van der Waals surface area (Å²) in [4.78, 5) is 19.2. The molecule has 5 nitrogen and oxygen atoms in total. The molecule has 0 bridgehead atoms. The van der Waals surface area contributed by atoms with Crippen LogP contribution in [0.4, 0.5) is 21.6 Å². The van der Waals surface area contributed by atoms with Gasteiger partial charge in [-0.3, -0.25) is 4.79 Å². The molecule has 1 fully saturated rings. The molecule has 168 valence electrons. The minimum Gasteiger partial charge on any atom is -0.337 e. The first-order chi connectivity index (χ1) is 15.5. The van der Waals surface area contributed by atoms with Crippen LogP contribution in [0.3, 0.4) is 0 Å². The van der Waals surface area contributed by atoms with Crippen LogP contribution in [0.15, 0.2) is 42.6 Å². The Kier molecular flexibility index (Phi) is 7.45. The van der Waals surface area contributed by atoms with E-state index in [2.05, 4.69) is 20.5 Å². The number of carbonyl (C=O) groups is 1. The van der Waals surface area contributed by atoms with Crippen LogP contribution in [0, 0.1) is 5.82 Å². The number of fused-ring (bicyclic) bond motifs is 1. The normalized spacial score (nSPS) is 14.5. The van der Waals surface area contributed by atoms with Crippen LogP contribution in [0.1, 0.15) is 32.1 Å². The number of carbonyl (C=O) groups excluding carboxylic acids is 1. The Balaban J connectivity index is 1.45. The number of hydrogen-bond donors (Lipinski definition) is 2. The first-order valence-corrected chi connectivity index (χ1v) is 11.6. The number of likely N-dealkylation sites (tertiary alicyclic amines) is 1. The highest BCUT2D eigenvalue weighted by Gasteiger charge is 2.14. The van der Waals surface area contributed by atoms with Gasteiger partial charge in [0.1, 0.15) is 5.82 Å². The van der Waals surface area contributed by atoms with E-state index in [1.165, 1.54) is 31.4 Å². The summed E-state index contributed by atoms with van der Waals surface area (Å²) in [5.74, 6) is -0.201. The number of nitrogens with zero attached hydrogens (tertiary/aromatic N) is 2. The van der Waals surface area contributed by atoms with Gasteiger partial charge in [-0.2, -0.15) is 0 Å². The number of hydrogen-bond acceptors (Lipinski definition) is 4. The number of benzene rings is 2. The fraction of sp³-hybridized carbons (Fsp3) is 0.333. The minimum absolute atomic E-state index is 0.0183. The zero-order chi connectivity index (χ0) is 22.5. The third kappa shape index (κ3) is 5.49. The lowest BCUT2D eigenvalue weighted by Gasteiger charge is -2.26. The van der Waals surface area contributed by atoms with Crippen LogP contribution in [-0.2, 0) is 4.79 Å². The number of aromatic nitrogens is 1. The van der Waals surface area contributed by atoms with Gasteiger partial charge >= 0.3 is 0 Å². The molecule has 1 saturated heterocycles. The van der Waals surface area contributed by atoms with E-state index in [9.17, 15) is 9.18 Å². The van der Waals surface area contributed by atoms with Gasteiger partial charge in [0.15, 0.2) is 5.82 Å². The zero-order valence-electron chi connectivity index (χ0n) is 17.6. The van der Waals surface area contributed by atoms with E-state index in [1.54, 1.807) is 6.20 Å². The first kappa shape index (κ1) is 22.8. The Hall–Kier alpha value is -2.41. The molecule has 32 heavy (non-hydrogen) atoms. The first-order valence-electron chi connectivity index (χ1n) is 10.8. The van der Waals surface area contributed by atoms with Crippen LogP contribution in [0.5, 0.6) is 0 Å². The molecular formula is C24H25Cl2FN4O. The summed E-state index contributed by atoms with van der Waals surface area (Å²) < 4.78 is 14.5. The van der Waals surface area contributed by atoms with E-state index in [-0.39, 0.29) is 21.6 Å². The predicted octanol–water partition coefficient (Wildman–Crippen LogP) is 6.63. The summed E-state index contributed by atoms with van der Waals surface area (Å²) in [6.07, 6.45) is 6.76. The van der Waals surface area contributed by atoms with E-state index < -0.39 is 5.82 Å². The molecular weight excluding hydrogens is 450 g/mol. The van der Waals surface area contributed by atoms with Crippen LogP contribution in [0.25, 0.3) is 10.8 Å². The van der Waals surface area contributed by atoms with Crippen molar-refractivity contribution in [2.75, 3.05) is 30.3 Å². The second-order valence-corrected chi connectivity index (χ2v) is 8.78. The highest BCUT2D eigenvalue weighted by atomic mass is 35.5. The topological polar surface area (TPSA) is 57.3 Å². The number of halogens is 3. The molecule has 2 aromatic carbocycles. The maximum atomic E-state index is 14.5. The van der Waals surface area contributed by atoms with E-state index >= 15 is 0 Å². The Morgan fingerprint density at radius 3 is 2.72 bits per heavy atom. The number of nitrogens with one attached hydrogen (secondary N) is 2. The highest BCUT2D eigenvalue weighted by molar-refractivity contribution is 6.42. The van der Waals surface area contributed by atoms with E-state index in [1.807, 2.05) is 24.3 Å². The Morgan fingerprint density at radius 1 is 1.09 bits per heavy atom. The summed E-state index contributed by atoms with van der Waals surface area (Å²) in [5, 5.41) is 7.61. The summed E-state index contributed by atoms with van der Waals surface area (Å²) in [6.45, 7) is 3.22. The van der Waals surface area contributed by atoms with Gasteiger partial charge in [-0.05, 0) is 74.6 Å². The van der Waals surface area contributed by atoms with Crippen LogP contribution >= 0.6 is 23.2 Å². The zero-order valence-corrected chi connectivity index (χ0v) is 19.1. The fourth-order valence-corrected chi connectivity index (χ4v) is 4.28. The Labute approximate surface area is 196 Å². The SMILES string of the molecule is O=C(CCCN1CCCCC1)Nc1ccc2ccnc(Nc3ccc(Cl)c(Cl)c3F)c2c1. The number of rotatable bonds is 7. The summed E-state index contributed by atoms with van der Waals surface area (Å²) in [5.41, 5.74) is 0.845. The number of anilines is 3. The molecule has 1 aliphatic rings. The second kappa shape index (κ2) is 10.5. The molecule has 0 atom stereocenters. The van der Waals surface area contributed by atoms with Gasteiger partial charge in [-0.15, -0.1) is 0 Å². The predicted molar refractivity (Wildman–Crippen MR) is 130 cm³/mol. The van der Waals surface area contributed by atoms with Crippen molar-refractivity contribution in [2.45, 2.75) is 32.1 Å². The maximum Gasteiger partial charge on any atom is 0.224 e. The molecule has 0 aliphatic carbocycles. The van der Waals surface area contributed by atoms with Crippen molar-refractivity contribution in [1.82, 2.24) is 9.88 Å². The standard InChI is InChI=1S/C24H25Cl2FN4O/c25-19-8-9-20(23(27)22(19)26)30-24-18-15-17(7-6-16(18)10-11-28-24)29-21(32)5-4-14-31-12-2-1-3-13-31/h6-11,15H,1-5,12-14H2,(H,28,30)(H,29,32).